The second-order valence-electron chi connectivity index (χ2n) is 2.70. The number of carbonyl (C=O) groups excluding carboxylic acids is 1. The lowest BCUT2D eigenvalue weighted by Crippen LogP contribution is -2.30. The molecule has 0 saturated heterocycles. The van der Waals surface area contributed by atoms with E-state index >= 15 is 0 Å². The van der Waals surface area contributed by atoms with Crippen LogP contribution in [0.1, 0.15) is 4.88 Å². The molecule has 0 fully saturated rings. The van der Waals surface area contributed by atoms with Crippen LogP contribution in [0, 0.1) is 12.3 Å². The Balaban J connectivity index is 0.00000196. The maximum absolute atomic E-state index is 11.9. The lowest BCUT2D eigenvalue weighted by atomic mass is 10.4. The molecule has 0 spiro atoms. The van der Waals surface area contributed by atoms with E-state index in [1.54, 1.807) is 6.92 Å². The van der Waals surface area contributed by atoms with Gasteiger partial charge in [0.15, 0.2) is 4.80 Å². The van der Waals surface area contributed by atoms with Gasteiger partial charge in [-0.25, -0.2) is 0 Å². The molecule has 0 aliphatic carbocycles. The van der Waals surface area contributed by atoms with Gasteiger partial charge in [-0.1, -0.05) is 0 Å². The molecular weight excluding hydrogens is 297 g/mol. The van der Waals surface area contributed by atoms with Gasteiger partial charge in [-0.05, 0) is 6.92 Å². The summed E-state index contributed by atoms with van der Waals surface area (Å²) in [6.07, 6.45) is -3.47. The first-order valence-electron chi connectivity index (χ1n) is 3.62. The van der Waals surface area contributed by atoms with Crippen molar-refractivity contribution in [3.8, 4) is 0 Å². The second-order valence-corrected chi connectivity index (χ2v) is 3.93. The summed E-state index contributed by atoms with van der Waals surface area (Å²) in [6.45, 7) is 0.851. The summed E-state index contributed by atoms with van der Waals surface area (Å²) in [6, 6.07) is 0. The molecule has 1 N–H and O–H groups in total. The Kier molecular flexibility index (Phi) is 4.72. The Hall–Kier alpha value is -0.630. The van der Waals surface area contributed by atoms with Crippen molar-refractivity contribution in [1.82, 2.24) is 4.57 Å². The van der Waals surface area contributed by atoms with Crippen LogP contribution in [0.25, 0.3) is 0 Å². The van der Waals surface area contributed by atoms with E-state index in [0.717, 1.165) is 15.9 Å². The average Bonchev–Trinajstić information content (AvgIpc) is 2.28. The zero-order valence-electron chi connectivity index (χ0n) is 7.59. The largest absolute Gasteiger partial charge is 0.451 e. The van der Waals surface area contributed by atoms with Gasteiger partial charge in [-0.15, -0.1) is 28.3 Å². The minimum atomic E-state index is -4.82. The molecule has 0 aliphatic heterocycles. The van der Waals surface area contributed by atoms with Gasteiger partial charge in [0.2, 0.25) is 0 Å². The predicted molar refractivity (Wildman–Crippen MR) is 54.3 cm³/mol. The quantitative estimate of drug-likeness (QED) is 0.893. The molecule has 0 radical (unpaired) electrons. The van der Waals surface area contributed by atoms with Crippen LogP contribution in [0.3, 0.4) is 0 Å². The molecule has 86 valence electrons. The summed E-state index contributed by atoms with van der Waals surface area (Å²) in [5.41, 5.74) is 0. The van der Waals surface area contributed by atoms with Crippen LogP contribution in [0.2, 0.25) is 0 Å². The van der Waals surface area contributed by atoms with Crippen molar-refractivity contribution >= 4 is 34.1 Å². The van der Waals surface area contributed by atoms with Gasteiger partial charge in [0.25, 0.3) is 5.78 Å². The highest BCUT2D eigenvalue weighted by atomic mass is 79.9. The molecular formula is C7H8BrF3N2OS. The molecule has 15 heavy (non-hydrogen) atoms. The van der Waals surface area contributed by atoms with Crippen molar-refractivity contribution in [2.75, 3.05) is 0 Å². The summed E-state index contributed by atoms with van der Waals surface area (Å²) in [7, 11) is 0. The van der Waals surface area contributed by atoms with E-state index in [1.807, 2.05) is 0 Å². The van der Waals surface area contributed by atoms with Crippen molar-refractivity contribution in [3.63, 3.8) is 0 Å². The standard InChI is InChI=1S/C7H7F3N2OS.BrH/c1-4-2-12(6(11)14-4)3-5(13)7(8,9)10;/h2,11H,3H2,1H3;1H. The number of halogens is 4. The zero-order valence-corrected chi connectivity index (χ0v) is 10.1. The number of rotatable bonds is 2. The van der Waals surface area contributed by atoms with Gasteiger partial charge >= 0.3 is 6.18 Å². The van der Waals surface area contributed by atoms with Gasteiger partial charge in [0, 0.05) is 11.1 Å². The topological polar surface area (TPSA) is 45.9 Å². The van der Waals surface area contributed by atoms with Gasteiger partial charge in [0.05, 0.1) is 6.54 Å². The van der Waals surface area contributed by atoms with Crippen LogP contribution in [0.4, 0.5) is 13.2 Å². The summed E-state index contributed by atoms with van der Waals surface area (Å²) in [4.78, 5) is 11.2. The highest BCUT2D eigenvalue weighted by molar-refractivity contribution is 8.93. The molecule has 1 heterocycles. The van der Waals surface area contributed by atoms with E-state index in [2.05, 4.69) is 0 Å². The van der Waals surface area contributed by atoms with Crippen LogP contribution in [-0.2, 0) is 11.3 Å². The number of carbonyl (C=O) groups is 1. The van der Waals surface area contributed by atoms with E-state index in [4.69, 9.17) is 5.41 Å². The third kappa shape index (κ3) is 3.78. The highest BCUT2D eigenvalue weighted by Gasteiger charge is 2.38. The summed E-state index contributed by atoms with van der Waals surface area (Å²) >= 11 is 1.03. The maximum atomic E-state index is 11.9. The number of Topliss-reactive ketones (excluding diaryl/α,β-unsaturated/α-hetero) is 1. The van der Waals surface area contributed by atoms with Crippen LogP contribution >= 0.6 is 28.3 Å². The molecule has 3 nitrogen and oxygen atoms in total. The fourth-order valence-electron chi connectivity index (χ4n) is 0.877. The van der Waals surface area contributed by atoms with E-state index < -0.39 is 18.5 Å². The normalized spacial score (nSPS) is 10.9. The molecule has 1 aromatic heterocycles. The maximum Gasteiger partial charge on any atom is 0.451 e. The van der Waals surface area contributed by atoms with Crippen LogP contribution in [-0.4, -0.2) is 16.5 Å². The third-order valence-corrected chi connectivity index (χ3v) is 2.34. The molecule has 0 saturated carbocycles. The Morgan fingerprint density at radius 1 is 1.60 bits per heavy atom. The van der Waals surface area contributed by atoms with E-state index in [1.165, 1.54) is 6.20 Å². The third-order valence-electron chi connectivity index (χ3n) is 1.49. The monoisotopic (exact) mass is 304 g/mol. The Morgan fingerprint density at radius 2 is 2.13 bits per heavy atom. The smallest absolute Gasteiger partial charge is 0.316 e. The average molecular weight is 305 g/mol. The fraction of sp³-hybridized carbons (Fsp3) is 0.429. The molecule has 0 amide bonds. The predicted octanol–water partition coefficient (Wildman–Crippen LogP) is 2.05. The first-order chi connectivity index (χ1) is 6.30. The lowest BCUT2D eigenvalue weighted by molar-refractivity contribution is -0.171. The minimum absolute atomic E-state index is 0. The first-order valence-corrected chi connectivity index (χ1v) is 4.44. The van der Waals surface area contributed by atoms with E-state index in [9.17, 15) is 18.0 Å². The zero-order chi connectivity index (χ0) is 10.9. The van der Waals surface area contributed by atoms with Gasteiger partial charge < -0.3 is 4.57 Å². The second kappa shape index (κ2) is 4.93. The molecule has 1 rings (SSSR count). The van der Waals surface area contributed by atoms with Crippen LogP contribution in [0.15, 0.2) is 6.20 Å². The van der Waals surface area contributed by atoms with Crippen molar-refractivity contribution < 1.29 is 18.0 Å². The van der Waals surface area contributed by atoms with Crippen molar-refractivity contribution in [2.45, 2.75) is 19.6 Å². The van der Waals surface area contributed by atoms with Crippen molar-refractivity contribution in [1.29, 1.82) is 5.41 Å². The number of ketones is 1. The molecule has 8 heteroatoms. The number of nitrogens with zero attached hydrogens (tertiary/aromatic N) is 1. The van der Waals surface area contributed by atoms with Crippen molar-refractivity contribution in [2.24, 2.45) is 0 Å². The number of thiazole rings is 1. The van der Waals surface area contributed by atoms with Gasteiger partial charge in [-0.3, -0.25) is 10.2 Å². The van der Waals surface area contributed by atoms with Crippen LogP contribution in [0.5, 0.6) is 0 Å². The Labute approximate surface area is 97.8 Å². The number of aryl methyl sites for hydroxylation is 1. The van der Waals surface area contributed by atoms with Crippen LogP contribution < -0.4 is 4.80 Å². The molecule has 0 aliphatic rings. The molecule has 1 aromatic rings. The van der Waals surface area contributed by atoms with E-state index in [-0.39, 0.29) is 21.8 Å². The summed E-state index contributed by atoms with van der Waals surface area (Å²) in [5, 5.41) is 7.25. The first kappa shape index (κ1) is 14.4. The minimum Gasteiger partial charge on any atom is -0.316 e. The van der Waals surface area contributed by atoms with Crippen molar-refractivity contribution in [3.05, 3.63) is 15.9 Å². The lowest BCUT2D eigenvalue weighted by Gasteiger charge is -2.04. The fourth-order valence-corrected chi connectivity index (χ4v) is 1.60. The summed E-state index contributed by atoms with van der Waals surface area (Å²) in [5.74, 6) is -1.84. The van der Waals surface area contributed by atoms with Gasteiger partial charge in [0.1, 0.15) is 0 Å². The molecule has 0 atom stereocenters. The number of aromatic nitrogens is 1. The summed E-state index contributed by atoms with van der Waals surface area (Å²) < 4.78 is 36.5. The molecule has 0 aromatic carbocycles. The SMILES string of the molecule is Br.Cc1cn(CC(=O)C(F)(F)F)c(=N)s1. The highest BCUT2D eigenvalue weighted by Crippen LogP contribution is 2.16. The number of alkyl halides is 3. The number of nitrogens with one attached hydrogen (secondary N) is 1. The van der Waals surface area contributed by atoms with Gasteiger partial charge in [-0.2, -0.15) is 13.2 Å². The molecule has 0 unspecified atom stereocenters. The Bertz CT molecular complexity index is 409. The number of hydrogen-bond acceptors (Lipinski definition) is 3. The number of hydrogen-bond donors (Lipinski definition) is 1. The Morgan fingerprint density at radius 3 is 2.47 bits per heavy atom. The molecule has 0 bridgehead atoms. The van der Waals surface area contributed by atoms with E-state index in [0.29, 0.717) is 4.88 Å².